The van der Waals surface area contributed by atoms with E-state index in [1.165, 1.54) is 23.9 Å². The zero-order valence-electron chi connectivity index (χ0n) is 8.25. The lowest BCUT2D eigenvalue weighted by Gasteiger charge is -2.04. The first-order valence-electron chi connectivity index (χ1n) is 4.50. The molecule has 0 bridgehead atoms. The van der Waals surface area contributed by atoms with Crippen molar-refractivity contribution < 1.29 is 9.66 Å². The number of ether oxygens (including phenoxy) is 1. The summed E-state index contributed by atoms with van der Waals surface area (Å²) >= 11 is 1.50. The van der Waals surface area contributed by atoms with E-state index in [1.54, 1.807) is 6.07 Å². The minimum Gasteiger partial charge on any atom is -0.486 e. The van der Waals surface area contributed by atoms with E-state index in [2.05, 4.69) is 5.10 Å². The summed E-state index contributed by atoms with van der Waals surface area (Å²) in [6, 6.07) is 4.55. The molecule has 2 rings (SSSR count). The predicted octanol–water partition coefficient (Wildman–Crippen LogP) is 1.39. The molecule has 0 fully saturated rings. The number of hydrogen-bond acceptors (Lipinski definition) is 6. The average molecular weight is 239 g/mol. The second-order valence-corrected chi connectivity index (χ2v) is 4.18. The summed E-state index contributed by atoms with van der Waals surface area (Å²) in [7, 11) is 0. The number of nitrogens with two attached hydrogens (primary N) is 1. The molecule has 0 unspecified atom stereocenters. The average Bonchev–Trinajstić information content (AvgIpc) is 2.50. The molecular weight excluding hydrogens is 230 g/mol. The summed E-state index contributed by atoms with van der Waals surface area (Å²) in [4.78, 5) is 11.0. The highest BCUT2D eigenvalue weighted by Gasteiger charge is 2.17. The highest BCUT2D eigenvalue weighted by Crippen LogP contribution is 2.34. The van der Waals surface area contributed by atoms with Crippen LogP contribution in [0.1, 0.15) is 0 Å². The Balaban J connectivity index is 2.32. The van der Waals surface area contributed by atoms with Gasteiger partial charge in [0.1, 0.15) is 12.4 Å². The number of nitrogens with zero attached hydrogens (tertiary/aromatic N) is 2. The van der Waals surface area contributed by atoms with Crippen molar-refractivity contribution in [1.82, 2.24) is 0 Å². The van der Waals surface area contributed by atoms with Gasteiger partial charge in [0.05, 0.1) is 21.6 Å². The fraction of sp³-hybridized carbons (Fsp3) is 0.222. The SMILES string of the molecule is NN=C1COc2cc([N+](=O)[O-])ccc2SC1. The molecule has 0 saturated carbocycles. The first-order valence-corrected chi connectivity index (χ1v) is 5.49. The molecule has 7 heteroatoms. The van der Waals surface area contributed by atoms with Crippen molar-refractivity contribution in [2.45, 2.75) is 4.90 Å². The van der Waals surface area contributed by atoms with Gasteiger partial charge in [0, 0.05) is 11.8 Å². The molecule has 0 radical (unpaired) electrons. The van der Waals surface area contributed by atoms with Crippen LogP contribution in [0.5, 0.6) is 5.75 Å². The minimum absolute atomic E-state index is 0.0208. The Morgan fingerprint density at radius 2 is 2.38 bits per heavy atom. The molecule has 16 heavy (non-hydrogen) atoms. The van der Waals surface area contributed by atoms with E-state index in [1.807, 2.05) is 0 Å². The molecule has 0 amide bonds. The maximum absolute atomic E-state index is 10.6. The van der Waals surface area contributed by atoms with Crippen LogP contribution in [0.15, 0.2) is 28.2 Å². The Labute approximate surface area is 95.6 Å². The van der Waals surface area contributed by atoms with Crippen LogP contribution >= 0.6 is 11.8 Å². The van der Waals surface area contributed by atoms with Crippen molar-refractivity contribution in [3.8, 4) is 5.75 Å². The lowest BCUT2D eigenvalue weighted by molar-refractivity contribution is -0.385. The van der Waals surface area contributed by atoms with Crippen LogP contribution in [0.3, 0.4) is 0 Å². The van der Waals surface area contributed by atoms with Crippen LogP contribution in [0, 0.1) is 10.1 Å². The van der Waals surface area contributed by atoms with Gasteiger partial charge in [-0.1, -0.05) is 0 Å². The van der Waals surface area contributed by atoms with Crippen molar-refractivity contribution in [3.05, 3.63) is 28.3 Å². The quantitative estimate of drug-likeness (QED) is 0.454. The van der Waals surface area contributed by atoms with Crippen LogP contribution in [0.2, 0.25) is 0 Å². The summed E-state index contributed by atoms with van der Waals surface area (Å²) < 4.78 is 5.41. The van der Waals surface area contributed by atoms with Gasteiger partial charge in [0.2, 0.25) is 0 Å². The second kappa shape index (κ2) is 4.40. The number of non-ortho nitro benzene ring substituents is 1. The number of hydrazone groups is 1. The molecule has 0 aromatic heterocycles. The van der Waals surface area contributed by atoms with Crippen molar-refractivity contribution >= 4 is 23.2 Å². The maximum Gasteiger partial charge on any atom is 0.273 e. The fourth-order valence-corrected chi connectivity index (χ4v) is 2.19. The lowest BCUT2D eigenvalue weighted by atomic mass is 10.3. The van der Waals surface area contributed by atoms with Crippen molar-refractivity contribution in [1.29, 1.82) is 0 Å². The topological polar surface area (TPSA) is 90.8 Å². The van der Waals surface area contributed by atoms with Crippen molar-refractivity contribution in [2.24, 2.45) is 10.9 Å². The first-order chi connectivity index (χ1) is 7.70. The number of nitro groups is 1. The van der Waals surface area contributed by atoms with Gasteiger partial charge >= 0.3 is 0 Å². The molecule has 0 atom stereocenters. The third-order valence-electron chi connectivity index (χ3n) is 2.11. The van der Waals surface area contributed by atoms with Gasteiger partial charge < -0.3 is 10.6 Å². The maximum atomic E-state index is 10.6. The highest BCUT2D eigenvalue weighted by atomic mass is 32.2. The number of hydrogen-bond donors (Lipinski definition) is 1. The molecule has 0 spiro atoms. The Morgan fingerprint density at radius 1 is 1.56 bits per heavy atom. The summed E-state index contributed by atoms with van der Waals surface area (Å²) in [5, 5.41) is 14.2. The van der Waals surface area contributed by atoms with E-state index in [0.717, 1.165) is 10.6 Å². The number of rotatable bonds is 1. The van der Waals surface area contributed by atoms with Crippen LogP contribution in [0.25, 0.3) is 0 Å². The number of thioether (sulfide) groups is 1. The van der Waals surface area contributed by atoms with Crippen LogP contribution in [-0.4, -0.2) is 23.0 Å². The van der Waals surface area contributed by atoms with Gasteiger partial charge in [-0.25, -0.2) is 0 Å². The van der Waals surface area contributed by atoms with E-state index >= 15 is 0 Å². The van der Waals surface area contributed by atoms with E-state index < -0.39 is 4.92 Å². The number of nitro benzene ring substituents is 1. The molecule has 0 aliphatic carbocycles. The standard InChI is InChI=1S/C9H9N3O3S/c10-11-6-4-15-8-3-7(12(13)14)1-2-9(8)16-5-6/h1-3H,4-5,10H2. The van der Waals surface area contributed by atoms with Gasteiger partial charge in [-0.2, -0.15) is 5.10 Å². The zero-order chi connectivity index (χ0) is 11.5. The molecule has 1 aromatic rings. The molecule has 1 heterocycles. The summed E-state index contributed by atoms with van der Waals surface area (Å²) in [6.07, 6.45) is 0. The third-order valence-corrected chi connectivity index (χ3v) is 3.24. The van der Waals surface area contributed by atoms with E-state index in [-0.39, 0.29) is 12.3 Å². The Bertz CT molecular complexity index is 461. The Hall–Kier alpha value is -1.76. The van der Waals surface area contributed by atoms with Gasteiger partial charge in [-0.15, -0.1) is 11.8 Å². The molecule has 6 nitrogen and oxygen atoms in total. The van der Waals surface area contributed by atoms with E-state index in [9.17, 15) is 10.1 Å². The van der Waals surface area contributed by atoms with Gasteiger partial charge in [-0.3, -0.25) is 10.1 Å². The predicted molar refractivity (Wildman–Crippen MR) is 60.9 cm³/mol. The third kappa shape index (κ3) is 2.08. The molecule has 2 N–H and O–H groups in total. The fourth-order valence-electron chi connectivity index (χ4n) is 1.28. The molecular formula is C9H9N3O3S. The molecule has 1 aliphatic heterocycles. The van der Waals surface area contributed by atoms with Gasteiger partial charge in [-0.05, 0) is 6.07 Å². The highest BCUT2D eigenvalue weighted by molar-refractivity contribution is 8.00. The number of benzene rings is 1. The zero-order valence-corrected chi connectivity index (χ0v) is 9.07. The van der Waals surface area contributed by atoms with Crippen LogP contribution in [-0.2, 0) is 0 Å². The van der Waals surface area contributed by atoms with Gasteiger partial charge in [0.25, 0.3) is 5.69 Å². The molecule has 1 aromatic carbocycles. The van der Waals surface area contributed by atoms with Gasteiger partial charge in [0.15, 0.2) is 0 Å². The Morgan fingerprint density at radius 3 is 3.06 bits per heavy atom. The molecule has 84 valence electrons. The summed E-state index contributed by atoms with van der Waals surface area (Å²) in [5.41, 5.74) is 0.747. The second-order valence-electron chi connectivity index (χ2n) is 3.16. The van der Waals surface area contributed by atoms with E-state index in [4.69, 9.17) is 10.6 Å². The smallest absolute Gasteiger partial charge is 0.273 e. The lowest BCUT2D eigenvalue weighted by Crippen LogP contribution is -2.13. The molecule has 0 saturated heterocycles. The number of fused-ring (bicyclic) bond motifs is 1. The first kappa shape index (κ1) is 10.7. The molecule has 1 aliphatic rings. The Kier molecular flexibility index (Phi) is 2.95. The normalized spacial score (nSPS) is 17.4. The van der Waals surface area contributed by atoms with E-state index in [0.29, 0.717) is 11.5 Å². The van der Waals surface area contributed by atoms with Crippen LogP contribution < -0.4 is 10.6 Å². The van der Waals surface area contributed by atoms with Crippen molar-refractivity contribution in [3.63, 3.8) is 0 Å². The van der Waals surface area contributed by atoms with Crippen molar-refractivity contribution in [2.75, 3.05) is 12.4 Å². The summed E-state index contributed by atoms with van der Waals surface area (Å²) in [6.45, 7) is 0.275. The summed E-state index contributed by atoms with van der Waals surface area (Å²) in [5.74, 6) is 6.32. The largest absolute Gasteiger partial charge is 0.486 e. The minimum atomic E-state index is -0.447. The van der Waals surface area contributed by atoms with Crippen LogP contribution in [0.4, 0.5) is 5.69 Å². The monoisotopic (exact) mass is 239 g/mol.